The van der Waals surface area contributed by atoms with Gasteiger partial charge in [-0.25, -0.2) is 9.37 Å². The second-order valence-corrected chi connectivity index (χ2v) is 3.11. The van der Waals surface area contributed by atoms with Gasteiger partial charge in [-0.1, -0.05) is 0 Å². The SMILES string of the molecule is CCn1c(CN)nc2cc(F)ccc21. The van der Waals surface area contributed by atoms with Crippen molar-refractivity contribution in [3.8, 4) is 0 Å². The van der Waals surface area contributed by atoms with Crippen LogP contribution in [-0.4, -0.2) is 9.55 Å². The minimum Gasteiger partial charge on any atom is -0.327 e. The van der Waals surface area contributed by atoms with E-state index >= 15 is 0 Å². The first-order valence-corrected chi connectivity index (χ1v) is 4.61. The van der Waals surface area contributed by atoms with Crippen LogP contribution in [0.3, 0.4) is 0 Å². The van der Waals surface area contributed by atoms with Gasteiger partial charge in [0.25, 0.3) is 0 Å². The molecule has 0 saturated heterocycles. The standard InChI is InChI=1S/C10H12FN3/c1-2-14-9-4-3-7(11)5-8(9)13-10(14)6-12/h3-5H,2,6,12H2,1H3. The minimum absolute atomic E-state index is 0.262. The lowest BCUT2D eigenvalue weighted by Gasteiger charge is -2.02. The summed E-state index contributed by atoms with van der Waals surface area (Å²) < 4.78 is 14.9. The topological polar surface area (TPSA) is 43.8 Å². The number of benzene rings is 1. The van der Waals surface area contributed by atoms with E-state index in [0.717, 1.165) is 17.9 Å². The highest BCUT2D eigenvalue weighted by Gasteiger charge is 2.07. The molecule has 0 bridgehead atoms. The summed E-state index contributed by atoms with van der Waals surface area (Å²) in [5.41, 5.74) is 7.16. The van der Waals surface area contributed by atoms with E-state index in [0.29, 0.717) is 12.1 Å². The molecule has 2 N–H and O–H groups in total. The Morgan fingerprint density at radius 3 is 2.93 bits per heavy atom. The van der Waals surface area contributed by atoms with E-state index in [4.69, 9.17) is 5.73 Å². The van der Waals surface area contributed by atoms with Crippen LogP contribution in [0.2, 0.25) is 0 Å². The van der Waals surface area contributed by atoms with E-state index < -0.39 is 0 Å². The summed E-state index contributed by atoms with van der Waals surface area (Å²) in [6.07, 6.45) is 0. The Bertz CT molecular complexity index is 462. The van der Waals surface area contributed by atoms with Gasteiger partial charge in [0.05, 0.1) is 17.6 Å². The molecule has 1 aromatic heterocycles. The van der Waals surface area contributed by atoms with Gasteiger partial charge in [0.1, 0.15) is 11.6 Å². The maximum Gasteiger partial charge on any atom is 0.125 e. The Morgan fingerprint density at radius 2 is 2.29 bits per heavy atom. The third kappa shape index (κ3) is 1.28. The van der Waals surface area contributed by atoms with E-state index in [1.807, 2.05) is 11.5 Å². The molecule has 3 nitrogen and oxygen atoms in total. The molecular weight excluding hydrogens is 181 g/mol. The molecule has 0 amide bonds. The molecule has 14 heavy (non-hydrogen) atoms. The van der Waals surface area contributed by atoms with Crippen molar-refractivity contribution >= 4 is 11.0 Å². The molecule has 2 rings (SSSR count). The summed E-state index contributed by atoms with van der Waals surface area (Å²) in [4.78, 5) is 4.26. The number of fused-ring (bicyclic) bond motifs is 1. The maximum absolute atomic E-state index is 12.9. The van der Waals surface area contributed by atoms with Crippen molar-refractivity contribution in [3.05, 3.63) is 29.8 Å². The van der Waals surface area contributed by atoms with E-state index in [2.05, 4.69) is 4.98 Å². The first-order chi connectivity index (χ1) is 6.76. The van der Waals surface area contributed by atoms with Crippen LogP contribution < -0.4 is 5.73 Å². The first kappa shape index (κ1) is 9.15. The van der Waals surface area contributed by atoms with Gasteiger partial charge < -0.3 is 10.3 Å². The summed E-state index contributed by atoms with van der Waals surface area (Å²) in [6, 6.07) is 4.61. The molecule has 74 valence electrons. The normalized spacial score (nSPS) is 11.1. The highest BCUT2D eigenvalue weighted by atomic mass is 19.1. The van der Waals surface area contributed by atoms with Crippen LogP contribution in [0.15, 0.2) is 18.2 Å². The molecule has 0 radical (unpaired) electrons. The van der Waals surface area contributed by atoms with Gasteiger partial charge in [-0.05, 0) is 19.1 Å². The average Bonchev–Trinajstić information content (AvgIpc) is 2.54. The quantitative estimate of drug-likeness (QED) is 0.788. The zero-order chi connectivity index (χ0) is 10.1. The van der Waals surface area contributed by atoms with Gasteiger partial charge in [0.15, 0.2) is 0 Å². The van der Waals surface area contributed by atoms with E-state index in [9.17, 15) is 4.39 Å². The van der Waals surface area contributed by atoms with Crippen molar-refractivity contribution in [2.24, 2.45) is 5.73 Å². The third-order valence-electron chi connectivity index (χ3n) is 2.29. The van der Waals surface area contributed by atoms with Crippen molar-refractivity contribution in [2.45, 2.75) is 20.0 Å². The van der Waals surface area contributed by atoms with Crippen molar-refractivity contribution in [1.82, 2.24) is 9.55 Å². The zero-order valence-corrected chi connectivity index (χ0v) is 8.00. The van der Waals surface area contributed by atoms with Crippen molar-refractivity contribution in [2.75, 3.05) is 0 Å². The Hall–Kier alpha value is -1.42. The van der Waals surface area contributed by atoms with Crippen LogP contribution in [0.25, 0.3) is 11.0 Å². The molecule has 0 unspecified atom stereocenters. The minimum atomic E-state index is -0.262. The van der Waals surface area contributed by atoms with Crippen LogP contribution in [0.5, 0.6) is 0 Å². The molecule has 1 heterocycles. The van der Waals surface area contributed by atoms with E-state index in [1.165, 1.54) is 12.1 Å². The number of halogens is 1. The van der Waals surface area contributed by atoms with E-state index in [1.54, 1.807) is 6.07 Å². The number of imidazole rings is 1. The lowest BCUT2D eigenvalue weighted by molar-refractivity contribution is 0.629. The monoisotopic (exact) mass is 193 g/mol. The van der Waals surface area contributed by atoms with Gasteiger partial charge >= 0.3 is 0 Å². The molecule has 0 atom stereocenters. The lowest BCUT2D eigenvalue weighted by atomic mass is 10.3. The highest BCUT2D eigenvalue weighted by molar-refractivity contribution is 5.76. The predicted octanol–water partition coefficient (Wildman–Crippen LogP) is 1.65. The average molecular weight is 193 g/mol. The lowest BCUT2D eigenvalue weighted by Crippen LogP contribution is -2.06. The molecule has 2 aromatic rings. The summed E-state index contributed by atoms with van der Waals surface area (Å²) in [5, 5.41) is 0. The molecule has 1 aromatic carbocycles. The number of nitrogens with two attached hydrogens (primary N) is 1. The van der Waals surface area contributed by atoms with Gasteiger partial charge in [-0.3, -0.25) is 0 Å². The molecule has 0 spiro atoms. The van der Waals surface area contributed by atoms with Crippen LogP contribution in [0.1, 0.15) is 12.7 Å². The number of aryl methyl sites for hydroxylation is 1. The molecular formula is C10H12FN3. The number of hydrogen-bond donors (Lipinski definition) is 1. The largest absolute Gasteiger partial charge is 0.327 e. The predicted molar refractivity (Wildman–Crippen MR) is 53.3 cm³/mol. The summed E-state index contributed by atoms with van der Waals surface area (Å²) in [6.45, 7) is 3.20. The Morgan fingerprint density at radius 1 is 1.50 bits per heavy atom. The number of nitrogens with zero attached hydrogens (tertiary/aromatic N) is 2. The van der Waals surface area contributed by atoms with Crippen molar-refractivity contribution < 1.29 is 4.39 Å². The van der Waals surface area contributed by atoms with Crippen molar-refractivity contribution in [3.63, 3.8) is 0 Å². The molecule has 0 fully saturated rings. The smallest absolute Gasteiger partial charge is 0.125 e. The molecule has 0 aliphatic carbocycles. The zero-order valence-electron chi connectivity index (χ0n) is 8.00. The number of aromatic nitrogens is 2. The van der Waals surface area contributed by atoms with Gasteiger partial charge in [0, 0.05) is 12.6 Å². The highest BCUT2D eigenvalue weighted by Crippen LogP contribution is 2.17. The van der Waals surface area contributed by atoms with Gasteiger partial charge in [0.2, 0.25) is 0 Å². The second-order valence-electron chi connectivity index (χ2n) is 3.11. The molecule has 0 aliphatic heterocycles. The van der Waals surface area contributed by atoms with E-state index in [-0.39, 0.29) is 5.82 Å². The fourth-order valence-electron chi connectivity index (χ4n) is 1.66. The number of rotatable bonds is 2. The third-order valence-corrected chi connectivity index (χ3v) is 2.29. The molecule has 4 heteroatoms. The van der Waals surface area contributed by atoms with Crippen LogP contribution in [-0.2, 0) is 13.1 Å². The van der Waals surface area contributed by atoms with Crippen molar-refractivity contribution in [1.29, 1.82) is 0 Å². The van der Waals surface area contributed by atoms with Crippen LogP contribution >= 0.6 is 0 Å². The van der Waals surface area contributed by atoms with Crippen LogP contribution in [0, 0.1) is 5.82 Å². The Labute approximate surface area is 81.4 Å². The maximum atomic E-state index is 12.9. The summed E-state index contributed by atoms with van der Waals surface area (Å²) in [5.74, 6) is 0.537. The van der Waals surface area contributed by atoms with Gasteiger partial charge in [-0.2, -0.15) is 0 Å². The van der Waals surface area contributed by atoms with Crippen LogP contribution in [0.4, 0.5) is 4.39 Å². The fourth-order valence-corrected chi connectivity index (χ4v) is 1.66. The second kappa shape index (κ2) is 3.38. The summed E-state index contributed by atoms with van der Waals surface area (Å²) >= 11 is 0. The first-order valence-electron chi connectivity index (χ1n) is 4.61. The fraction of sp³-hybridized carbons (Fsp3) is 0.300. The Kier molecular flexibility index (Phi) is 2.21. The molecule has 0 aliphatic rings. The Balaban J connectivity index is 2.73. The van der Waals surface area contributed by atoms with Gasteiger partial charge in [-0.15, -0.1) is 0 Å². The summed E-state index contributed by atoms with van der Waals surface area (Å²) in [7, 11) is 0. The molecule has 0 saturated carbocycles. The number of hydrogen-bond acceptors (Lipinski definition) is 2.